The summed E-state index contributed by atoms with van der Waals surface area (Å²) in [6.45, 7) is 6.80. The van der Waals surface area contributed by atoms with Gasteiger partial charge in [0.05, 0.1) is 29.7 Å². The Kier molecular flexibility index (Phi) is 6.04. The van der Waals surface area contributed by atoms with Gasteiger partial charge in [-0.3, -0.25) is 9.48 Å². The molecule has 36 heavy (non-hydrogen) atoms. The normalized spacial score (nSPS) is 44.2. The Morgan fingerprint density at radius 3 is 2.50 bits per heavy atom. The molecule has 198 valence electrons. The second kappa shape index (κ2) is 8.39. The molecular weight excluding hydrogens is 474 g/mol. The van der Waals surface area contributed by atoms with Crippen LogP contribution < -0.4 is 0 Å². The number of nitrogens with zero attached hydrogens (tertiary/aromatic N) is 3. The lowest BCUT2D eigenvalue weighted by atomic mass is 9.40. The van der Waals surface area contributed by atoms with Crippen LogP contribution in [0.15, 0.2) is 12.4 Å². The first kappa shape index (κ1) is 25.9. The summed E-state index contributed by atoms with van der Waals surface area (Å²) in [7, 11) is -3.18. The Morgan fingerprint density at radius 1 is 1.11 bits per heavy atom. The van der Waals surface area contributed by atoms with E-state index in [1.54, 1.807) is 10.9 Å². The minimum absolute atomic E-state index is 0.0202. The van der Waals surface area contributed by atoms with Crippen LogP contribution in [0.4, 0.5) is 0 Å². The average molecular weight is 516 g/mol. The first-order chi connectivity index (χ1) is 16.7. The van der Waals surface area contributed by atoms with Crippen molar-refractivity contribution in [1.82, 2.24) is 9.78 Å². The Hall–Kier alpha value is -1.72. The number of ketones is 1. The maximum Gasteiger partial charge on any atom is 0.157 e. The van der Waals surface area contributed by atoms with E-state index in [-0.39, 0.29) is 46.2 Å². The van der Waals surface area contributed by atoms with Crippen molar-refractivity contribution in [3.8, 4) is 6.07 Å². The van der Waals surface area contributed by atoms with Crippen LogP contribution in [0.2, 0.25) is 0 Å². The third-order valence-electron chi connectivity index (χ3n) is 11.5. The Labute approximate surface area is 215 Å². The maximum absolute atomic E-state index is 13.6. The molecule has 0 aromatic carbocycles. The molecule has 4 saturated carbocycles. The number of rotatable bonds is 5. The summed E-state index contributed by atoms with van der Waals surface area (Å²) in [6.07, 6.45) is 12.4. The molecule has 0 saturated heterocycles. The van der Waals surface area contributed by atoms with Crippen LogP contribution >= 0.6 is 0 Å². The predicted octanol–water partition coefficient (Wildman–Crippen LogP) is 4.15. The number of carbonyl (C=O) groups is 1. The van der Waals surface area contributed by atoms with Crippen LogP contribution in [0, 0.1) is 51.2 Å². The van der Waals surface area contributed by atoms with Gasteiger partial charge < -0.3 is 5.11 Å². The molecule has 1 heterocycles. The zero-order chi connectivity index (χ0) is 26.1. The van der Waals surface area contributed by atoms with Crippen LogP contribution in [-0.2, 0) is 21.2 Å². The Bertz CT molecular complexity index is 1200. The summed E-state index contributed by atoms with van der Waals surface area (Å²) < 4.78 is 27.1. The second-order valence-electron chi connectivity index (χ2n) is 13.5. The molecule has 8 atom stereocenters. The van der Waals surface area contributed by atoms with Crippen molar-refractivity contribution in [2.75, 3.05) is 12.0 Å². The number of nitriles is 1. The first-order valence-corrected chi connectivity index (χ1v) is 15.6. The van der Waals surface area contributed by atoms with Crippen molar-refractivity contribution in [1.29, 1.82) is 5.26 Å². The molecule has 4 fully saturated rings. The molecule has 0 unspecified atom stereocenters. The number of fused-ring (bicyclic) bond motifs is 5. The van der Waals surface area contributed by atoms with Gasteiger partial charge in [-0.15, -0.1) is 0 Å². The van der Waals surface area contributed by atoms with Crippen molar-refractivity contribution in [3.63, 3.8) is 0 Å². The van der Waals surface area contributed by atoms with Gasteiger partial charge in [-0.25, -0.2) is 8.42 Å². The zero-order valence-electron chi connectivity index (χ0n) is 22.2. The van der Waals surface area contributed by atoms with E-state index in [1.165, 1.54) is 12.5 Å². The maximum atomic E-state index is 13.6. The molecule has 4 aliphatic rings. The molecule has 0 aliphatic heterocycles. The molecule has 4 aliphatic carbocycles. The standard InChI is InChI=1S/C28H41N3O4S/c1-25(33)11-12-28(18-36(4,34)35)20(13-25)5-6-21-22(28)7-9-27(3)23(8-10-26(21,27)2)24(32)17-31-16-19(14-29)15-30-31/h15-16,20-23,33H,5-13,17-18H2,1-4H3/t20-,21-,22+,23-,25-,26+,27-,28-/m1/s1. The van der Waals surface area contributed by atoms with E-state index in [0.717, 1.165) is 44.9 Å². The van der Waals surface area contributed by atoms with Crippen molar-refractivity contribution in [2.24, 2.45) is 39.9 Å². The van der Waals surface area contributed by atoms with Crippen LogP contribution in [0.25, 0.3) is 0 Å². The largest absolute Gasteiger partial charge is 0.390 e. The highest BCUT2D eigenvalue weighted by molar-refractivity contribution is 7.90. The van der Waals surface area contributed by atoms with Gasteiger partial charge in [-0.1, -0.05) is 13.8 Å². The molecule has 1 N–H and O–H groups in total. The van der Waals surface area contributed by atoms with E-state index in [4.69, 9.17) is 5.26 Å². The van der Waals surface area contributed by atoms with Crippen molar-refractivity contribution < 1.29 is 18.3 Å². The highest BCUT2D eigenvalue weighted by Gasteiger charge is 2.68. The number of aliphatic hydroxyl groups is 1. The van der Waals surface area contributed by atoms with E-state index in [2.05, 4.69) is 25.0 Å². The van der Waals surface area contributed by atoms with Crippen LogP contribution in [0.3, 0.4) is 0 Å². The lowest BCUT2D eigenvalue weighted by Crippen LogP contribution is -2.61. The second-order valence-corrected chi connectivity index (χ2v) is 15.6. The smallest absolute Gasteiger partial charge is 0.157 e. The molecular formula is C28H41N3O4S. The number of Topliss-reactive ketones (excluding diaryl/α,β-unsaturated/α-hetero) is 1. The van der Waals surface area contributed by atoms with Gasteiger partial charge >= 0.3 is 0 Å². The number of aromatic nitrogens is 2. The van der Waals surface area contributed by atoms with Crippen LogP contribution in [0.5, 0.6) is 0 Å². The molecule has 0 bridgehead atoms. The first-order valence-electron chi connectivity index (χ1n) is 13.6. The fraction of sp³-hybridized carbons (Fsp3) is 0.821. The van der Waals surface area contributed by atoms with Crippen LogP contribution in [-0.4, -0.2) is 46.7 Å². The number of hydrogen-bond donors (Lipinski definition) is 1. The van der Waals surface area contributed by atoms with Gasteiger partial charge in [0.2, 0.25) is 0 Å². The van der Waals surface area contributed by atoms with Crippen molar-refractivity contribution in [2.45, 2.75) is 90.7 Å². The summed E-state index contributed by atoms with van der Waals surface area (Å²) in [5, 5.41) is 24.2. The van der Waals surface area contributed by atoms with Gasteiger partial charge in [0, 0.05) is 18.4 Å². The van der Waals surface area contributed by atoms with Crippen molar-refractivity contribution in [3.05, 3.63) is 18.0 Å². The Morgan fingerprint density at radius 2 is 1.83 bits per heavy atom. The third-order valence-corrected chi connectivity index (χ3v) is 12.6. The zero-order valence-corrected chi connectivity index (χ0v) is 23.0. The summed E-state index contributed by atoms with van der Waals surface area (Å²) in [5.74, 6) is 1.31. The molecule has 0 radical (unpaired) electrons. The molecule has 8 heteroatoms. The van der Waals surface area contributed by atoms with Gasteiger partial charge in [0.15, 0.2) is 5.78 Å². The lowest BCUT2D eigenvalue weighted by Gasteiger charge is -2.65. The van der Waals surface area contributed by atoms with Crippen molar-refractivity contribution >= 4 is 15.6 Å². The topological polar surface area (TPSA) is 113 Å². The minimum Gasteiger partial charge on any atom is -0.390 e. The van der Waals surface area contributed by atoms with Crippen LogP contribution in [0.1, 0.15) is 84.1 Å². The summed E-state index contributed by atoms with van der Waals surface area (Å²) >= 11 is 0. The lowest BCUT2D eigenvalue weighted by molar-refractivity contribution is -0.175. The summed E-state index contributed by atoms with van der Waals surface area (Å²) in [4.78, 5) is 13.6. The highest BCUT2D eigenvalue weighted by atomic mass is 32.2. The van der Waals surface area contributed by atoms with E-state index in [9.17, 15) is 18.3 Å². The predicted molar refractivity (Wildman–Crippen MR) is 136 cm³/mol. The third kappa shape index (κ3) is 3.96. The molecule has 5 rings (SSSR count). The summed E-state index contributed by atoms with van der Waals surface area (Å²) in [5.41, 5.74) is -0.670. The SMILES string of the molecule is C[C@@]1(O)CC[C@@]2(CS(C)(=O)=O)[C@H](CC[C@@H]3[C@@H]2CC[C@]2(C)[C@@H](C(=O)Cn4cc(C#N)cn4)CC[C@@]32C)C1. The van der Waals surface area contributed by atoms with E-state index < -0.39 is 15.4 Å². The van der Waals surface area contributed by atoms with Gasteiger partial charge in [0.25, 0.3) is 0 Å². The number of sulfone groups is 1. The average Bonchev–Trinajstić information content (AvgIpc) is 3.34. The fourth-order valence-corrected chi connectivity index (χ4v) is 11.3. The monoisotopic (exact) mass is 515 g/mol. The summed E-state index contributed by atoms with van der Waals surface area (Å²) in [6, 6.07) is 2.07. The van der Waals surface area contributed by atoms with Gasteiger partial charge in [0.1, 0.15) is 15.9 Å². The van der Waals surface area contributed by atoms with Gasteiger partial charge in [-0.2, -0.15) is 10.4 Å². The molecule has 1 aromatic heterocycles. The van der Waals surface area contributed by atoms with E-state index in [1.807, 2.05) is 6.92 Å². The quantitative estimate of drug-likeness (QED) is 0.630. The number of carbonyl (C=O) groups excluding carboxylic acids is 1. The Balaban J connectivity index is 1.44. The minimum atomic E-state index is -3.18. The molecule has 1 aromatic rings. The number of hydrogen-bond acceptors (Lipinski definition) is 6. The van der Waals surface area contributed by atoms with E-state index >= 15 is 0 Å². The molecule has 7 nitrogen and oxygen atoms in total. The van der Waals surface area contributed by atoms with Gasteiger partial charge in [-0.05, 0) is 98.7 Å². The molecule has 0 amide bonds. The molecule has 0 spiro atoms. The highest BCUT2D eigenvalue weighted by Crippen LogP contribution is 2.73. The van der Waals surface area contributed by atoms with E-state index in [0.29, 0.717) is 30.2 Å². The fourth-order valence-electron chi connectivity index (χ4n) is 9.70.